The fourth-order valence-corrected chi connectivity index (χ4v) is 1.99. The molecule has 0 aliphatic rings. The summed E-state index contributed by atoms with van der Waals surface area (Å²) in [6, 6.07) is 1.84. The first-order valence-electron chi connectivity index (χ1n) is 4.33. The Hall–Kier alpha value is -1.20. The predicted molar refractivity (Wildman–Crippen MR) is 56.1 cm³/mol. The summed E-state index contributed by atoms with van der Waals surface area (Å²) in [5.41, 5.74) is 7.15. The highest BCUT2D eigenvalue weighted by Gasteiger charge is 2.15. The van der Waals surface area contributed by atoms with Crippen LogP contribution in [0.25, 0.3) is 0 Å². The first-order valence-corrected chi connectivity index (χ1v) is 5.28. The van der Waals surface area contributed by atoms with Crippen molar-refractivity contribution in [1.29, 1.82) is 0 Å². The fraction of sp³-hybridized carbons (Fsp3) is 0.333. The standard InChI is InChI=1S/C9H12N4S/c1-6-11-12-9(13(6)2)8(10)7-3-4-14-5-7/h3-5,8H,10H2,1-2H3. The van der Waals surface area contributed by atoms with Crippen LogP contribution < -0.4 is 5.73 Å². The molecule has 1 unspecified atom stereocenters. The van der Waals surface area contributed by atoms with Crippen molar-refractivity contribution in [2.45, 2.75) is 13.0 Å². The van der Waals surface area contributed by atoms with Gasteiger partial charge in [0.05, 0.1) is 6.04 Å². The van der Waals surface area contributed by atoms with Gasteiger partial charge in [-0.2, -0.15) is 11.3 Å². The predicted octanol–water partition coefficient (Wildman–Crippen LogP) is 1.23. The Morgan fingerprint density at radius 2 is 2.29 bits per heavy atom. The lowest BCUT2D eigenvalue weighted by Crippen LogP contribution is -2.16. The van der Waals surface area contributed by atoms with Gasteiger partial charge in [-0.05, 0) is 29.3 Å². The molecule has 2 aromatic rings. The maximum absolute atomic E-state index is 6.06. The molecule has 0 amide bonds. The van der Waals surface area contributed by atoms with E-state index in [1.165, 1.54) is 0 Å². The van der Waals surface area contributed by atoms with Crippen LogP contribution in [0.2, 0.25) is 0 Å². The van der Waals surface area contributed by atoms with E-state index in [-0.39, 0.29) is 6.04 Å². The van der Waals surface area contributed by atoms with Crippen molar-refractivity contribution in [3.8, 4) is 0 Å². The fourth-order valence-electron chi connectivity index (χ4n) is 1.30. The molecule has 14 heavy (non-hydrogen) atoms. The van der Waals surface area contributed by atoms with Crippen LogP contribution in [0.1, 0.15) is 23.3 Å². The third kappa shape index (κ3) is 1.44. The van der Waals surface area contributed by atoms with Crippen LogP contribution in [0, 0.1) is 6.92 Å². The minimum absolute atomic E-state index is 0.174. The number of hydrogen-bond acceptors (Lipinski definition) is 4. The van der Waals surface area contributed by atoms with Crippen LogP contribution in [-0.4, -0.2) is 14.8 Å². The second-order valence-corrected chi connectivity index (χ2v) is 3.98. The van der Waals surface area contributed by atoms with Crippen molar-refractivity contribution in [2.75, 3.05) is 0 Å². The second kappa shape index (κ2) is 3.51. The molecule has 0 saturated heterocycles. The van der Waals surface area contributed by atoms with Gasteiger partial charge in [-0.3, -0.25) is 0 Å². The molecular formula is C9H12N4S. The van der Waals surface area contributed by atoms with Crippen molar-refractivity contribution in [3.05, 3.63) is 34.0 Å². The summed E-state index contributed by atoms with van der Waals surface area (Å²) in [5, 5.41) is 12.1. The van der Waals surface area contributed by atoms with E-state index in [1.807, 2.05) is 35.4 Å². The van der Waals surface area contributed by atoms with Crippen LogP contribution >= 0.6 is 11.3 Å². The Balaban J connectivity index is 2.36. The molecule has 0 spiro atoms. The molecule has 0 bridgehead atoms. The second-order valence-electron chi connectivity index (χ2n) is 3.20. The number of hydrogen-bond donors (Lipinski definition) is 1. The van der Waals surface area contributed by atoms with E-state index in [2.05, 4.69) is 10.2 Å². The van der Waals surface area contributed by atoms with Crippen molar-refractivity contribution >= 4 is 11.3 Å². The van der Waals surface area contributed by atoms with E-state index < -0.39 is 0 Å². The third-order valence-corrected chi connectivity index (χ3v) is 3.01. The quantitative estimate of drug-likeness (QED) is 0.807. The number of nitrogens with zero attached hydrogens (tertiary/aromatic N) is 3. The molecule has 5 heteroatoms. The maximum Gasteiger partial charge on any atom is 0.154 e. The van der Waals surface area contributed by atoms with Gasteiger partial charge in [-0.25, -0.2) is 0 Å². The lowest BCUT2D eigenvalue weighted by Gasteiger charge is -2.08. The molecule has 0 aliphatic heterocycles. The Morgan fingerprint density at radius 1 is 1.50 bits per heavy atom. The molecule has 4 nitrogen and oxygen atoms in total. The molecule has 0 aromatic carbocycles. The number of aromatic nitrogens is 3. The monoisotopic (exact) mass is 208 g/mol. The average molecular weight is 208 g/mol. The summed E-state index contributed by atoms with van der Waals surface area (Å²) >= 11 is 1.64. The zero-order chi connectivity index (χ0) is 10.1. The molecular weight excluding hydrogens is 196 g/mol. The zero-order valence-corrected chi connectivity index (χ0v) is 8.95. The van der Waals surface area contributed by atoms with Gasteiger partial charge in [0.2, 0.25) is 0 Å². The Labute approximate surface area is 86.4 Å². The number of thiophene rings is 1. The van der Waals surface area contributed by atoms with Crippen molar-refractivity contribution in [3.63, 3.8) is 0 Å². The lowest BCUT2D eigenvalue weighted by atomic mass is 10.1. The molecule has 0 fully saturated rings. The molecule has 0 saturated carbocycles. The summed E-state index contributed by atoms with van der Waals surface area (Å²) in [4.78, 5) is 0. The van der Waals surface area contributed by atoms with Gasteiger partial charge in [0.1, 0.15) is 5.82 Å². The molecule has 0 radical (unpaired) electrons. The minimum atomic E-state index is -0.174. The van der Waals surface area contributed by atoms with Gasteiger partial charge in [0, 0.05) is 7.05 Å². The van der Waals surface area contributed by atoms with E-state index in [0.29, 0.717) is 0 Å². The summed E-state index contributed by atoms with van der Waals surface area (Å²) in [7, 11) is 1.93. The van der Waals surface area contributed by atoms with E-state index in [4.69, 9.17) is 5.73 Å². The molecule has 2 aromatic heterocycles. The Bertz CT molecular complexity index is 418. The smallest absolute Gasteiger partial charge is 0.154 e. The van der Waals surface area contributed by atoms with Crippen molar-refractivity contribution in [2.24, 2.45) is 12.8 Å². The van der Waals surface area contributed by atoms with Crippen LogP contribution in [0.5, 0.6) is 0 Å². The van der Waals surface area contributed by atoms with Crippen LogP contribution in [0.3, 0.4) is 0 Å². The normalized spacial score (nSPS) is 13.1. The number of rotatable bonds is 2. The van der Waals surface area contributed by atoms with Crippen LogP contribution in [-0.2, 0) is 7.05 Å². The molecule has 0 aliphatic carbocycles. The highest BCUT2D eigenvalue weighted by Crippen LogP contribution is 2.19. The lowest BCUT2D eigenvalue weighted by molar-refractivity contribution is 0.707. The molecule has 74 valence electrons. The van der Waals surface area contributed by atoms with E-state index in [0.717, 1.165) is 17.2 Å². The summed E-state index contributed by atoms with van der Waals surface area (Å²) in [6.45, 7) is 1.91. The summed E-state index contributed by atoms with van der Waals surface area (Å²) < 4.78 is 1.92. The minimum Gasteiger partial charge on any atom is -0.318 e. The molecule has 2 rings (SSSR count). The zero-order valence-electron chi connectivity index (χ0n) is 8.14. The van der Waals surface area contributed by atoms with Crippen molar-refractivity contribution in [1.82, 2.24) is 14.8 Å². The van der Waals surface area contributed by atoms with Gasteiger partial charge in [-0.15, -0.1) is 10.2 Å². The number of nitrogens with two attached hydrogens (primary N) is 1. The first-order chi connectivity index (χ1) is 6.70. The molecule has 1 atom stereocenters. The molecule has 2 heterocycles. The van der Waals surface area contributed by atoms with E-state index in [9.17, 15) is 0 Å². The van der Waals surface area contributed by atoms with E-state index in [1.54, 1.807) is 11.3 Å². The van der Waals surface area contributed by atoms with Gasteiger partial charge >= 0.3 is 0 Å². The van der Waals surface area contributed by atoms with Gasteiger partial charge in [0.15, 0.2) is 5.82 Å². The Morgan fingerprint density at radius 3 is 2.79 bits per heavy atom. The Kier molecular flexibility index (Phi) is 2.35. The molecule has 2 N–H and O–H groups in total. The first kappa shape index (κ1) is 9.36. The van der Waals surface area contributed by atoms with Crippen LogP contribution in [0.15, 0.2) is 16.8 Å². The average Bonchev–Trinajstić information content (AvgIpc) is 2.77. The van der Waals surface area contributed by atoms with Gasteiger partial charge in [0.25, 0.3) is 0 Å². The SMILES string of the molecule is Cc1nnc(C(N)c2ccsc2)n1C. The summed E-state index contributed by atoms with van der Waals surface area (Å²) in [6.07, 6.45) is 0. The summed E-state index contributed by atoms with van der Waals surface area (Å²) in [5.74, 6) is 1.69. The van der Waals surface area contributed by atoms with E-state index >= 15 is 0 Å². The number of aryl methyl sites for hydroxylation is 1. The highest BCUT2D eigenvalue weighted by atomic mass is 32.1. The highest BCUT2D eigenvalue weighted by molar-refractivity contribution is 7.07. The van der Waals surface area contributed by atoms with Crippen molar-refractivity contribution < 1.29 is 0 Å². The third-order valence-electron chi connectivity index (χ3n) is 2.31. The van der Waals surface area contributed by atoms with Gasteiger partial charge in [-0.1, -0.05) is 0 Å². The topological polar surface area (TPSA) is 56.7 Å². The largest absolute Gasteiger partial charge is 0.318 e. The van der Waals surface area contributed by atoms with Gasteiger partial charge < -0.3 is 10.3 Å². The maximum atomic E-state index is 6.06. The van der Waals surface area contributed by atoms with Crippen LogP contribution in [0.4, 0.5) is 0 Å².